The second-order valence-corrected chi connectivity index (χ2v) is 5.21. The van der Waals surface area contributed by atoms with Gasteiger partial charge in [-0.05, 0) is 24.1 Å². The zero-order chi connectivity index (χ0) is 16.1. The number of phenolic OH excluding ortho intramolecular Hbond substituents is 1. The lowest BCUT2D eigenvalue weighted by molar-refractivity contribution is 0.262. The first kappa shape index (κ1) is 15.7. The molecule has 0 unspecified atom stereocenters. The average Bonchev–Trinajstić information content (AvgIpc) is 2.48. The SMILES string of the molecule is COc1cc(C(C)C)c(O)cc1NC(=O)Nc1ccccc1. The number of amides is 2. The van der Waals surface area contributed by atoms with Crippen LogP contribution in [-0.2, 0) is 0 Å². The van der Waals surface area contributed by atoms with Gasteiger partial charge in [-0.2, -0.15) is 0 Å². The summed E-state index contributed by atoms with van der Waals surface area (Å²) in [4.78, 5) is 12.0. The first-order valence-electron chi connectivity index (χ1n) is 7.05. The number of anilines is 2. The van der Waals surface area contributed by atoms with Crippen LogP contribution in [0.15, 0.2) is 42.5 Å². The molecule has 5 heteroatoms. The fraction of sp³-hybridized carbons (Fsp3) is 0.235. The highest BCUT2D eigenvalue weighted by Gasteiger charge is 2.14. The Balaban J connectivity index is 2.18. The Morgan fingerprint density at radius 1 is 1.14 bits per heavy atom. The number of nitrogens with one attached hydrogen (secondary N) is 2. The van der Waals surface area contributed by atoms with E-state index in [4.69, 9.17) is 4.74 Å². The van der Waals surface area contributed by atoms with Gasteiger partial charge in [-0.3, -0.25) is 0 Å². The highest BCUT2D eigenvalue weighted by Crippen LogP contribution is 2.35. The van der Waals surface area contributed by atoms with Crippen molar-refractivity contribution >= 4 is 17.4 Å². The summed E-state index contributed by atoms with van der Waals surface area (Å²) in [5.41, 5.74) is 1.87. The van der Waals surface area contributed by atoms with Gasteiger partial charge < -0.3 is 20.5 Å². The molecule has 0 spiro atoms. The van der Waals surface area contributed by atoms with Crippen LogP contribution in [0.3, 0.4) is 0 Å². The number of hydrogen-bond donors (Lipinski definition) is 3. The van der Waals surface area contributed by atoms with Crippen molar-refractivity contribution in [2.75, 3.05) is 17.7 Å². The first-order valence-corrected chi connectivity index (χ1v) is 7.05. The van der Waals surface area contributed by atoms with E-state index in [-0.39, 0.29) is 11.7 Å². The van der Waals surface area contributed by atoms with Gasteiger partial charge in [0.1, 0.15) is 11.5 Å². The summed E-state index contributed by atoms with van der Waals surface area (Å²) < 4.78 is 5.29. The summed E-state index contributed by atoms with van der Waals surface area (Å²) in [6.45, 7) is 3.95. The molecule has 0 aliphatic heterocycles. The molecule has 116 valence electrons. The van der Waals surface area contributed by atoms with Gasteiger partial charge >= 0.3 is 6.03 Å². The van der Waals surface area contributed by atoms with E-state index in [2.05, 4.69) is 10.6 Å². The Morgan fingerprint density at radius 2 is 1.82 bits per heavy atom. The molecule has 0 saturated heterocycles. The standard InChI is InChI=1S/C17H20N2O3/c1-11(2)13-9-16(22-3)14(10-15(13)20)19-17(21)18-12-7-5-4-6-8-12/h4-11,20H,1-3H3,(H2,18,19,21). The van der Waals surface area contributed by atoms with Crippen LogP contribution in [0, 0.1) is 0 Å². The Hall–Kier alpha value is -2.69. The molecule has 0 atom stereocenters. The molecule has 0 heterocycles. The second kappa shape index (κ2) is 6.85. The monoisotopic (exact) mass is 300 g/mol. The van der Waals surface area contributed by atoms with Crippen LogP contribution in [0.2, 0.25) is 0 Å². The number of para-hydroxylation sites is 1. The zero-order valence-electron chi connectivity index (χ0n) is 12.9. The van der Waals surface area contributed by atoms with Gasteiger partial charge in [0.2, 0.25) is 0 Å². The van der Waals surface area contributed by atoms with Crippen molar-refractivity contribution < 1.29 is 14.6 Å². The zero-order valence-corrected chi connectivity index (χ0v) is 12.9. The summed E-state index contributed by atoms with van der Waals surface area (Å²) in [5, 5.41) is 15.5. The number of ether oxygens (including phenoxy) is 1. The van der Waals surface area contributed by atoms with E-state index in [1.54, 1.807) is 18.2 Å². The first-order chi connectivity index (χ1) is 10.5. The largest absolute Gasteiger partial charge is 0.508 e. The summed E-state index contributed by atoms with van der Waals surface area (Å²) in [7, 11) is 1.52. The van der Waals surface area contributed by atoms with Gasteiger partial charge in [0.05, 0.1) is 12.8 Å². The minimum absolute atomic E-state index is 0.130. The van der Waals surface area contributed by atoms with Gasteiger partial charge in [0.15, 0.2) is 0 Å². The third-order valence-corrected chi connectivity index (χ3v) is 3.25. The van der Waals surface area contributed by atoms with Crippen molar-refractivity contribution in [2.24, 2.45) is 0 Å². The number of hydrogen-bond acceptors (Lipinski definition) is 3. The molecule has 0 aliphatic carbocycles. The van der Waals surface area contributed by atoms with E-state index in [1.807, 2.05) is 32.0 Å². The van der Waals surface area contributed by atoms with Crippen LogP contribution in [-0.4, -0.2) is 18.2 Å². The number of urea groups is 1. The minimum Gasteiger partial charge on any atom is -0.508 e. The van der Waals surface area contributed by atoms with Crippen LogP contribution in [0.4, 0.5) is 16.2 Å². The van der Waals surface area contributed by atoms with E-state index in [9.17, 15) is 9.90 Å². The molecule has 0 saturated carbocycles. The number of carbonyl (C=O) groups excluding carboxylic acids is 1. The van der Waals surface area contributed by atoms with Crippen LogP contribution in [0.25, 0.3) is 0 Å². The van der Waals surface area contributed by atoms with Crippen LogP contribution >= 0.6 is 0 Å². The number of methoxy groups -OCH3 is 1. The summed E-state index contributed by atoms with van der Waals surface area (Å²) >= 11 is 0. The predicted octanol–water partition coefficient (Wildman–Crippen LogP) is 4.17. The van der Waals surface area contributed by atoms with E-state index < -0.39 is 6.03 Å². The fourth-order valence-electron chi connectivity index (χ4n) is 2.12. The minimum atomic E-state index is -0.402. The molecule has 2 amide bonds. The molecular weight excluding hydrogens is 280 g/mol. The number of rotatable bonds is 4. The molecular formula is C17H20N2O3. The quantitative estimate of drug-likeness (QED) is 0.793. The Kier molecular flexibility index (Phi) is 4.88. The van der Waals surface area contributed by atoms with Gasteiger partial charge in [0, 0.05) is 17.3 Å². The molecule has 0 radical (unpaired) electrons. The fourth-order valence-corrected chi connectivity index (χ4v) is 2.12. The van der Waals surface area contributed by atoms with Crippen molar-refractivity contribution in [3.05, 3.63) is 48.0 Å². The molecule has 2 aromatic rings. The van der Waals surface area contributed by atoms with Crippen molar-refractivity contribution in [1.82, 2.24) is 0 Å². The lowest BCUT2D eigenvalue weighted by Gasteiger charge is -2.15. The maximum atomic E-state index is 12.0. The Morgan fingerprint density at radius 3 is 2.41 bits per heavy atom. The predicted molar refractivity (Wildman–Crippen MR) is 87.8 cm³/mol. The molecule has 0 bridgehead atoms. The van der Waals surface area contributed by atoms with E-state index in [0.717, 1.165) is 5.56 Å². The highest BCUT2D eigenvalue weighted by molar-refractivity contribution is 6.00. The van der Waals surface area contributed by atoms with Crippen molar-refractivity contribution in [3.8, 4) is 11.5 Å². The van der Waals surface area contributed by atoms with Gasteiger partial charge in [-0.1, -0.05) is 32.0 Å². The lowest BCUT2D eigenvalue weighted by atomic mass is 10.0. The van der Waals surface area contributed by atoms with Crippen molar-refractivity contribution in [2.45, 2.75) is 19.8 Å². The van der Waals surface area contributed by atoms with Gasteiger partial charge in [0.25, 0.3) is 0 Å². The Bertz CT molecular complexity index is 654. The third-order valence-electron chi connectivity index (χ3n) is 3.25. The summed E-state index contributed by atoms with van der Waals surface area (Å²) in [6.07, 6.45) is 0. The van der Waals surface area contributed by atoms with E-state index in [1.165, 1.54) is 13.2 Å². The number of aromatic hydroxyl groups is 1. The van der Waals surface area contributed by atoms with E-state index >= 15 is 0 Å². The van der Waals surface area contributed by atoms with Gasteiger partial charge in [-0.25, -0.2) is 4.79 Å². The molecule has 3 N–H and O–H groups in total. The summed E-state index contributed by atoms with van der Waals surface area (Å²) in [6, 6.07) is 11.9. The molecule has 2 aromatic carbocycles. The number of phenols is 1. The highest BCUT2D eigenvalue weighted by atomic mass is 16.5. The van der Waals surface area contributed by atoms with Crippen LogP contribution in [0.1, 0.15) is 25.3 Å². The second-order valence-electron chi connectivity index (χ2n) is 5.21. The molecule has 2 rings (SSSR count). The van der Waals surface area contributed by atoms with Crippen LogP contribution in [0.5, 0.6) is 11.5 Å². The maximum absolute atomic E-state index is 12.0. The molecule has 0 aromatic heterocycles. The average molecular weight is 300 g/mol. The van der Waals surface area contributed by atoms with Crippen LogP contribution < -0.4 is 15.4 Å². The molecule has 0 aliphatic rings. The van der Waals surface area contributed by atoms with Gasteiger partial charge in [-0.15, -0.1) is 0 Å². The third kappa shape index (κ3) is 3.69. The lowest BCUT2D eigenvalue weighted by Crippen LogP contribution is -2.19. The number of benzene rings is 2. The maximum Gasteiger partial charge on any atom is 0.323 e. The summed E-state index contributed by atoms with van der Waals surface area (Å²) in [5.74, 6) is 0.789. The van der Waals surface area contributed by atoms with Crippen molar-refractivity contribution in [3.63, 3.8) is 0 Å². The molecule has 22 heavy (non-hydrogen) atoms. The number of carbonyl (C=O) groups is 1. The molecule has 0 fully saturated rings. The van der Waals surface area contributed by atoms with Crippen molar-refractivity contribution in [1.29, 1.82) is 0 Å². The normalized spacial score (nSPS) is 10.4. The Labute approximate surface area is 129 Å². The topological polar surface area (TPSA) is 70.6 Å². The molecule has 5 nitrogen and oxygen atoms in total. The smallest absolute Gasteiger partial charge is 0.323 e. The van der Waals surface area contributed by atoms with E-state index in [0.29, 0.717) is 17.1 Å².